The summed E-state index contributed by atoms with van der Waals surface area (Å²) >= 11 is 0. The van der Waals surface area contributed by atoms with Gasteiger partial charge >= 0.3 is 17.1 Å². The first kappa shape index (κ1) is 56.8. The Morgan fingerprint density at radius 1 is 0.312 bits per heavy atom. The van der Waals surface area contributed by atoms with Crippen molar-refractivity contribution in [2.45, 2.75) is 103 Å². The Balaban J connectivity index is 0.00000784. The number of primary sulfonamides is 4. The van der Waals surface area contributed by atoms with E-state index < -0.39 is 40.1 Å². The average molecular weight is 1150 g/mol. The molecule has 0 atom stereocenters. The maximum atomic E-state index is 13.4. The van der Waals surface area contributed by atoms with Gasteiger partial charge in [-0.1, -0.05) is 48.5 Å². The van der Waals surface area contributed by atoms with Crippen LogP contribution in [0.2, 0.25) is 0 Å². The predicted octanol–water partition coefficient (Wildman–Crippen LogP) is 8.87. The minimum atomic E-state index is -4.28. The monoisotopic (exact) mass is 1150 g/mol. The van der Waals surface area contributed by atoms with Crippen LogP contribution in [-0.2, 0) is 57.2 Å². The van der Waals surface area contributed by atoms with Gasteiger partial charge in [-0.15, -0.1) is 22.1 Å². The molecule has 0 fully saturated rings. The van der Waals surface area contributed by atoms with E-state index in [-0.39, 0.29) is 36.7 Å². The molecule has 0 radical (unpaired) electrons. The summed E-state index contributed by atoms with van der Waals surface area (Å²) in [4.78, 5) is 21.0. The van der Waals surface area contributed by atoms with E-state index in [2.05, 4.69) is 0 Å². The molecule has 0 saturated carbocycles. The molecule has 8 bridgehead atoms. The summed E-state index contributed by atoms with van der Waals surface area (Å²) < 4.78 is 107. The van der Waals surface area contributed by atoms with Gasteiger partial charge in [-0.25, -0.2) is 64.2 Å². The van der Waals surface area contributed by atoms with Crippen LogP contribution in [0.25, 0.3) is 90.9 Å². The summed E-state index contributed by atoms with van der Waals surface area (Å²) in [5.74, 6) is 0. The minimum Gasteiger partial charge on any atom is -0.657 e. The molecule has 0 unspecified atom stereocenters. The van der Waals surface area contributed by atoms with Gasteiger partial charge in [0.15, 0.2) is 0 Å². The molecule has 0 aliphatic carbocycles. The van der Waals surface area contributed by atoms with Gasteiger partial charge in [-0.3, -0.25) is 0 Å². The molecular weight excluding hydrogens is 1100 g/mol. The molecule has 21 heteroatoms. The Bertz CT molecular complexity index is 4350. The van der Waals surface area contributed by atoms with E-state index in [0.717, 1.165) is 0 Å². The summed E-state index contributed by atoms with van der Waals surface area (Å²) in [6, 6.07) is 14.0. The maximum absolute atomic E-state index is 13.4. The van der Waals surface area contributed by atoms with Gasteiger partial charge in [0.2, 0.25) is 40.1 Å². The van der Waals surface area contributed by atoms with E-state index in [1.54, 1.807) is 128 Å². The molecule has 3 aromatic heterocycles. The third-order valence-electron chi connectivity index (χ3n) is 14.4. The Morgan fingerprint density at radius 2 is 0.519 bits per heavy atom. The number of hydrogen-bond acceptors (Lipinski definition) is 10. The first-order valence-electron chi connectivity index (χ1n) is 23.8. The molecule has 5 heterocycles. The fraction of sp³-hybridized carbons (Fsp3) is 0.214. The number of nitrogens with zero attached hydrogens (tertiary/aromatic N) is 4. The first-order chi connectivity index (χ1) is 35.2. The van der Waals surface area contributed by atoms with Crippen LogP contribution >= 0.6 is 0 Å². The number of nitrogens with two attached hydrogens (primary N) is 4. The fourth-order valence-corrected chi connectivity index (χ4v) is 16.2. The van der Waals surface area contributed by atoms with Crippen molar-refractivity contribution < 1.29 is 50.7 Å². The average Bonchev–Trinajstić information content (AvgIpc) is 4.14. The Labute approximate surface area is 459 Å². The van der Waals surface area contributed by atoms with Crippen molar-refractivity contribution in [1.29, 1.82) is 0 Å². The van der Waals surface area contributed by atoms with Crippen LogP contribution in [0.1, 0.15) is 89.5 Å². The van der Waals surface area contributed by atoms with Crippen molar-refractivity contribution in [2.75, 3.05) is 0 Å². The molecule has 0 spiro atoms. The summed E-state index contributed by atoms with van der Waals surface area (Å²) in [5.41, 5.74) is 12.3. The minimum absolute atomic E-state index is 0. The summed E-state index contributed by atoms with van der Waals surface area (Å²) in [5, 5.41) is 23.7. The van der Waals surface area contributed by atoms with Crippen LogP contribution in [0.3, 0.4) is 0 Å². The van der Waals surface area contributed by atoms with E-state index >= 15 is 0 Å². The van der Waals surface area contributed by atoms with E-state index in [9.17, 15) is 33.7 Å². The zero-order valence-corrected chi connectivity index (χ0v) is 48.6. The van der Waals surface area contributed by atoms with Gasteiger partial charge in [0.05, 0.1) is 42.4 Å². The van der Waals surface area contributed by atoms with Crippen molar-refractivity contribution in [3.63, 3.8) is 0 Å². The van der Waals surface area contributed by atoms with Crippen molar-refractivity contribution in [3.05, 3.63) is 138 Å². The molecule has 0 amide bonds. The maximum Gasteiger partial charge on any atom is 2.00 e. The smallest absolute Gasteiger partial charge is 0.657 e. The van der Waals surface area contributed by atoms with Gasteiger partial charge in [-0.2, -0.15) is 0 Å². The summed E-state index contributed by atoms with van der Waals surface area (Å²) in [7, 11) is -17.1. The number of benzene rings is 4. The molecule has 0 saturated heterocycles. The third kappa shape index (κ3) is 9.66. The van der Waals surface area contributed by atoms with E-state index in [0.29, 0.717) is 156 Å². The molecule has 7 aromatic rings. The number of sulfonamides is 4. The Kier molecular flexibility index (Phi) is 14.4. The van der Waals surface area contributed by atoms with E-state index in [1.165, 1.54) is 0 Å². The van der Waals surface area contributed by atoms with Crippen molar-refractivity contribution in [3.8, 4) is 44.5 Å². The summed E-state index contributed by atoms with van der Waals surface area (Å²) in [6.45, 7) is 20.8. The third-order valence-corrected chi connectivity index (χ3v) is 19.1. The van der Waals surface area contributed by atoms with Crippen LogP contribution in [0, 0.1) is 83.1 Å². The zero-order chi connectivity index (χ0) is 55.8. The second-order valence-electron chi connectivity index (χ2n) is 19.9. The molecular formula is C56H56FeN8O8S4. The van der Waals surface area contributed by atoms with Crippen LogP contribution in [0.5, 0.6) is 0 Å². The largest absolute Gasteiger partial charge is 2.00 e. The van der Waals surface area contributed by atoms with E-state index in [1.807, 2.05) is 27.7 Å². The SMILES string of the molecule is Cc1cc(C)c(S(N)(=O)=O)c(C)c1-c1c2nc(c(-c3c(C)cc(C)c(S(N)(=O)=O)c3C)c3ccc([n-]3)c(-c3c(C)cc(C)c(S(N)(=O)=O)c3C)c3ccc([n-]3)c(-c3c(C)cc(C)c(S(N)(=O)=O)c3C)c3nc1C=C3)C=C2.[Fe+2]. The zero-order valence-electron chi connectivity index (χ0n) is 44.3. The predicted molar refractivity (Wildman–Crippen MR) is 301 cm³/mol. The van der Waals surface area contributed by atoms with Crippen LogP contribution in [0.4, 0.5) is 0 Å². The summed E-state index contributed by atoms with van der Waals surface area (Å²) in [6.07, 6.45) is 7.07. The van der Waals surface area contributed by atoms with Crippen LogP contribution < -0.4 is 30.5 Å². The second-order valence-corrected chi connectivity index (χ2v) is 25.9. The molecule has 4 aromatic carbocycles. The molecule has 400 valence electrons. The van der Waals surface area contributed by atoms with Crippen molar-refractivity contribution in [2.24, 2.45) is 20.6 Å². The number of fused-ring (bicyclic) bond motifs is 8. The normalized spacial score (nSPS) is 12.9. The van der Waals surface area contributed by atoms with E-state index in [4.69, 9.17) is 40.5 Å². The second kappa shape index (κ2) is 19.5. The number of rotatable bonds is 8. The Hall–Kier alpha value is -6.36. The van der Waals surface area contributed by atoms with Crippen molar-refractivity contribution >= 4 is 86.5 Å². The number of aromatic nitrogens is 4. The quantitative estimate of drug-likeness (QED) is 0.104. The molecule has 77 heavy (non-hydrogen) atoms. The number of aryl methyl sites for hydroxylation is 8. The van der Waals surface area contributed by atoms with Gasteiger partial charge in [0.1, 0.15) is 0 Å². The van der Waals surface area contributed by atoms with Crippen LogP contribution in [-0.4, -0.2) is 43.6 Å². The topological polar surface area (TPSA) is 295 Å². The molecule has 16 nitrogen and oxygen atoms in total. The first-order valence-corrected chi connectivity index (χ1v) is 30.0. The standard InChI is InChI=1S/C56H56N8O8S4.Fe/c1-25-21-29(5)53(73(57,65)66)33(9)45(25)49-37-13-15-39(61-37)50(46-26(2)22-30(6)54(34(46)10)74(58,67)68)41-17-19-43(63-41)52(48-28(4)24-32(8)56(36(48)12)76(60,71)72)44-20-18-42(64-44)51(40-16-14-38(49)62-40)47-27(3)23-31(7)55(35(47)11)75(59,69)70;/h13-24H,1-12H3,(H2,57,65,66)(H2,58,67,68)(H2,59,69,70)(H2,60,71,72);/q-2;+2. The van der Waals surface area contributed by atoms with Gasteiger partial charge in [0.25, 0.3) is 0 Å². The molecule has 9 rings (SSSR count). The fourth-order valence-electron chi connectivity index (χ4n) is 12.1. The molecule has 8 N–H and O–H groups in total. The van der Waals surface area contributed by atoms with Gasteiger partial charge in [-0.05, 0) is 213 Å². The van der Waals surface area contributed by atoms with Crippen molar-refractivity contribution in [1.82, 2.24) is 19.9 Å². The molecule has 2 aliphatic rings. The molecule has 2 aliphatic heterocycles. The van der Waals surface area contributed by atoms with Crippen LogP contribution in [0.15, 0.2) is 68.1 Å². The van der Waals surface area contributed by atoms with Gasteiger partial charge in [0, 0.05) is 5.56 Å². The Morgan fingerprint density at radius 3 is 0.766 bits per heavy atom. The number of hydrogen-bond donors (Lipinski definition) is 4. The van der Waals surface area contributed by atoms with Gasteiger partial charge < -0.3 is 9.97 Å².